The molecule has 34 heavy (non-hydrogen) atoms. The molecule has 1 aliphatic rings. The third kappa shape index (κ3) is 5.54. The van der Waals surface area contributed by atoms with Crippen LogP contribution in [0.3, 0.4) is 0 Å². The zero-order valence-corrected chi connectivity index (χ0v) is 19.9. The number of benzene rings is 3. The van der Waals surface area contributed by atoms with E-state index >= 15 is 0 Å². The number of hydrogen-bond acceptors (Lipinski definition) is 5. The van der Waals surface area contributed by atoms with Gasteiger partial charge in [0.25, 0.3) is 0 Å². The van der Waals surface area contributed by atoms with Crippen molar-refractivity contribution >= 4 is 29.1 Å². The zero-order valence-electron chi connectivity index (χ0n) is 18.4. The normalized spacial score (nSPS) is 16.1. The molecule has 4 rings (SSSR count). The summed E-state index contributed by atoms with van der Waals surface area (Å²) in [6, 6.07) is 18.9. The van der Waals surface area contributed by atoms with Crippen molar-refractivity contribution in [1.82, 2.24) is 10.6 Å². The molecule has 0 bridgehead atoms. The fourth-order valence-electron chi connectivity index (χ4n) is 4.63. The van der Waals surface area contributed by atoms with Gasteiger partial charge < -0.3 is 21.3 Å². The number of primary amides is 1. The van der Waals surface area contributed by atoms with Crippen molar-refractivity contribution in [3.8, 4) is 5.75 Å². The molecule has 0 spiro atoms. The summed E-state index contributed by atoms with van der Waals surface area (Å²) in [4.78, 5) is 12.2. The highest BCUT2D eigenvalue weighted by Gasteiger charge is 2.35. The summed E-state index contributed by atoms with van der Waals surface area (Å²) in [7, 11) is 0. The van der Waals surface area contributed by atoms with Crippen LogP contribution >= 0.6 is 23.2 Å². The SMILES string of the molecule is NC(=O)[C@H](NC(O)[C@H](NCc1c(O)cc(Cl)cc1Cl)C1Cc2ccccc2C1)c1ccccc1. The molecule has 0 aromatic heterocycles. The number of carbonyl (C=O) groups is 1. The van der Waals surface area contributed by atoms with Crippen LogP contribution in [0.1, 0.15) is 28.3 Å². The van der Waals surface area contributed by atoms with Gasteiger partial charge >= 0.3 is 0 Å². The number of halogens is 2. The molecule has 0 saturated carbocycles. The molecule has 6 nitrogen and oxygen atoms in total. The van der Waals surface area contributed by atoms with Crippen molar-refractivity contribution in [1.29, 1.82) is 0 Å². The van der Waals surface area contributed by atoms with Gasteiger partial charge in [-0.2, -0.15) is 0 Å². The first-order valence-electron chi connectivity index (χ1n) is 11.1. The number of carbonyl (C=O) groups excluding carboxylic acids is 1. The molecule has 1 unspecified atom stereocenters. The lowest BCUT2D eigenvalue weighted by atomic mass is 9.93. The van der Waals surface area contributed by atoms with Gasteiger partial charge in [0.15, 0.2) is 0 Å². The van der Waals surface area contributed by atoms with Crippen LogP contribution in [0.4, 0.5) is 0 Å². The third-order valence-corrected chi connectivity index (χ3v) is 6.89. The van der Waals surface area contributed by atoms with Gasteiger partial charge in [0.05, 0.1) is 11.1 Å². The van der Waals surface area contributed by atoms with Crippen LogP contribution in [0.2, 0.25) is 10.0 Å². The minimum Gasteiger partial charge on any atom is -0.508 e. The molecule has 0 radical (unpaired) electrons. The predicted molar refractivity (Wildman–Crippen MR) is 134 cm³/mol. The lowest BCUT2D eigenvalue weighted by Crippen LogP contribution is -2.54. The van der Waals surface area contributed by atoms with Gasteiger partial charge in [0, 0.05) is 17.1 Å². The number of phenolic OH excluding ortho intramolecular Hbond substituents is 1. The molecular formula is C26H27Cl2N3O3. The number of fused-ring (bicyclic) bond motifs is 1. The van der Waals surface area contributed by atoms with E-state index in [4.69, 9.17) is 28.9 Å². The van der Waals surface area contributed by atoms with Crippen LogP contribution in [0.5, 0.6) is 5.75 Å². The van der Waals surface area contributed by atoms with Gasteiger partial charge in [0.1, 0.15) is 18.0 Å². The Kier molecular flexibility index (Phi) is 7.76. The van der Waals surface area contributed by atoms with Crippen molar-refractivity contribution in [3.05, 3.63) is 99.0 Å². The number of amides is 1. The average Bonchev–Trinajstić information content (AvgIpc) is 3.23. The number of aliphatic hydroxyl groups is 1. The smallest absolute Gasteiger partial charge is 0.239 e. The van der Waals surface area contributed by atoms with Crippen LogP contribution in [0.15, 0.2) is 66.7 Å². The van der Waals surface area contributed by atoms with Crippen molar-refractivity contribution in [2.45, 2.75) is 37.7 Å². The largest absolute Gasteiger partial charge is 0.508 e. The fourth-order valence-corrected chi connectivity index (χ4v) is 5.18. The fraction of sp³-hybridized carbons (Fsp3) is 0.269. The molecule has 0 fully saturated rings. The summed E-state index contributed by atoms with van der Waals surface area (Å²) in [6.45, 7) is 0.199. The summed E-state index contributed by atoms with van der Waals surface area (Å²) in [5, 5.41) is 28.7. The lowest BCUT2D eigenvalue weighted by Gasteiger charge is -2.32. The number of phenols is 1. The van der Waals surface area contributed by atoms with E-state index in [9.17, 15) is 15.0 Å². The molecule has 1 amide bonds. The van der Waals surface area contributed by atoms with Crippen LogP contribution in [-0.2, 0) is 24.2 Å². The molecule has 3 aromatic carbocycles. The van der Waals surface area contributed by atoms with Crippen LogP contribution < -0.4 is 16.4 Å². The predicted octanol–water partition coefficient (Wildman–Crippen LogP) is 3.71. The van der Waals surface area contributed by atoms with E-state index < -0.39 is 24.2 Å². The highest BCUT2D eigenvalue weighted by Crippen LogP contribution is 2.33. The number of aromatic hydroxyl groups is 1. The Hall–Kier alpha value is -2.61. The first-order valence-corrected chi connectivity index (χ1v) is 11.8. The monoisotopic (exact) mass is 499 g/mol. The number of rotatable bonds is 9. The maximum atomic E-state index is 12.2. The van der Waals surface area contributed by atoms with E-state index in [0.717, 1.165) is 12.8 Å². The number of nitrogens with one attached hydrogen (secondary N) is 2. The number of nitrogens with two attached hydrogens (primary N) is 1. The molecular weight excluding hydrogens is 473 g/mol. The van der Waals surface area contributed by atoms with Gasteiger partial charge in [-0.3, -0.25) is 10.1 Å². The van der Waals surface area contributed by atoms with E-state index in [-0.39, 0.29) is 18.2 Å². The topological polar surface area (TPSA) is 108 Å². The Morgan fingerprint density at radius 2 is 1.65 bits per heavy atom. The Bertz CT molecular complexity index is 1110. The minimum absolute atomic E-state index is 0.0276. The van der Waals surface area contributed by atoms with Gasteiger partial charge in [-0.1, -0.05) is 77.8 Å². The second-order valence-corrected chi connectivity index (χ2v) is 9.43. The van der Waals surface area contributed by atoms with Crippen LogP contribution in [0.25, 0.3) is 0 Å². The highest BCUT2D eigenvalue weighted by atomic mass is 35.5. The van der Waals surface area contributed by atoms with E-state index in [2.05, 4.69) is 22.8 Å². The summed E-state index contributed by atoms with van der Waals surface area (Å²) in [6.07, 6.45) is 0.420. The van der Waals surface area contributed by atoms with Crippen molar-refractivity contribution < 1.29 is 15.0 Å². The summed E-state index contributed by atoms with van der Waals surface area (Å²) >= 11 is 12.3. The van der Waals surface area contributed by atoms with Crippen LogP contribution in [-0.4, -0.2) is 28.4 Å². The van der Waals surface area contributed by atoms with Crippen molar-refractivity contribution in [2.24, 2.45) is 11.7 Å². The zero-order chi connectivity index (χ0) is 24.2. The number of hydrogen-bond donors (Lipinski definition) is 5. The summed E-state index contributed by atoms with van der Waals surface area (Å²) in [5.74, 6) is -0.574. The van der Waals surface area contributed by atoms with E-state index in [0.29, 0.717) is 21.2 Å². The van der Waals surface area contributed by atoms with Gasteiger partial charge in [-0.25, -0.2) is 0 Å². The average molecular weight is 500 g/mol. The first kappa shape index (κ1) is 24.5. The third-order valence-electron chi connectivity index (χ3n) is 6.34. The molecule has 3 aromatic rings. The standard InChI is InChI=1S/C26H27Cl2N3O3/c27-19-12-21(28)20(22(32)13-19)14-30-24(18-10-16-8-4-5-9-17(16)11-18)26(34)31-23(25(29)33)15-6-2-1-3-7-15/h1-9,12-13,18,23-24,26,30-32,34H,10-11,14H2,(H2,29,33)/t23-,24-,26?/m1/s1. The second kappa shape index (κ2) is 10.8. The van der Waals surface area contributed by atoms with E-state index in [1.165, 1.54) is 17.2 Å². The van der Waals surface area contributed by atoms with E-state index in [1.807, 2.05) is 30.3 Å². The first-order chi connectivity index (χ1) is 16.3. The van der Waals surface area contributed by atoms with Crippen molar-refractivity contribution in [3.63, 3.8) is 0 Å². The quantitative estimate of drug-likeness (QED) is 0.288. The van der Waals surface area contributed by atoms with Gasteiger partial charge in [-0.05, 0) is 47.6 Å². The maximum Gasteiger partial charge on any atom is 0.239 e. The molecule has 178 valence electrons. The molecule has 0 aliphatic heterocycles. The summed E-state index contributed by atoms with van der Waals surface area (Å²) in [5.41, 5.74) is 9.27. The number of aliphatic hydroxyl groups excluding tert-OH is 1. The van der Waals surface area contributed by atoms with Crippen molar-refractivity contribution in [2.75, 3.05) is 0 Å². The molecule has 3 atom stereocenters. The molecule has 0 saturated heterocycles. The Balaban J connectivity index is 1.58. The second-order valence-electron chi connectivity index (χ2n) is 8.59. The Labute approximate surface area is 208 Å². The highest BCUT2D eigenvalue weighted by molar-refractivity contribution is 6.35. The van der Waals surface area contributed by atoms with Crippen LogP contribution in [0, 0.1) is 5.92 Å². The van der Waals surface area contributed by atoms with Gasteiger partial charge in [-0.15, -0.1) is 0 Å². The molecule has 1 aliphatic carbocycles. The van der Waals surface area contributed by atoms with E-state index in [1.54, 1.807) is 18.2 Å². The molecule has 6 N–H and O–H groups in total. The minimum atomic E-state index is -1.11. The van der Waals surface area contributed by atoms with Gasteiger partial charge in [0.2, 0.25) is 5.91 Å². The summed E-state index contributed by atoms with van der Waals surface area (Å²) < 4.78 is 0. The Morgan fingerprint density at radius 1 is 1.03 bits per heavy atom. The lowest BCUT2D eigenvalue weighted by molar-refractivity contribution is -0.121. The molecule has 0 heterocycles. The maximum absolute atomic E-state index is 12.2. The Morgan fingerprint density at radius 3 is 2.24 bits per heavy atom. The molecule has 8 heteroatoms.